The van der Waals surface area contributed by atoms with E-state index in [2.05, 4.69) is 5.43 Å². The summed E-state index contributed by atoms with van der Waals surface area (Å²) < 4.78 is 19.4. The number of hydrogen-bond donors (Lipinski definition) is 4. The fourth-order valence-corrected chi connectivity index (χ4v) is 9.11. The number of nitrogens with zero attached hydrogens (tertiary/aromatic N) is 2. The first-order valence-electron chi connectivity index (χ1n) is 17.0. The molecule has 4 aromatic carbocycles. The Hall–Kier alpha value is -5.50. The van der Waals surface area contributed by atoms with E-state index in [1.165, 1.54) is 55.6 Å². The first-order valence-corrected chi connectivity index (χ1v) is 17.4. The van der Waals surface area contributed by atoms with Crippen molar-refractivity contribution in [3.8, 4) is 11.5 Å². The summed E-state index contributed by atoms with van der Waals surface area (Å²) in [6, 6.07) is 22.5. The quantitative estimate of drug-likeness (QED) is 0.125. The van der Waals surface area contributed by atoms with Crippen LogP contribution in [0.25, 0.3) is 0 Å². The number of benzene rings is 4. The second-order valence-corrected chi connectivity index (χ2v) is 14.2. The normalized spacial score (nSPS) is 26.2. The van der Waals surface area contributed by atoms with E-state index < -0.39 is 71.6 Å². The van der Waals surface area contributed by atoms with Crippen LogP contribution in [-0.2, 0) is 24.6 Å². The van der Waals surface area contributed by atoms with E-state index in [0.29, 0.717) is 27.4 Å². The number of hydrazine groups is 1. The molecule has 4 amide bonds. The van der Waals surface area contributed by atoms with Crippen LogP contribution in [-0.4, -0.2) is 58.0 Å². The number of allylic oxidation sites excluding steroid dienone is 2. The van der Waals surface area contributed by atoms with Crippen molar-refractivity contribution in [1.82, 2.24) is 5.01 Å². The van der Waals surface area contributed by atoms with Gasteiger partial charge in [0.1, 0.15) is 5.82 Å². The van der Waals surface area contributed by atoms with Gasteiger partial charge in [-0.25, -0.2) is 4.39 Å². The van der Waals surface area contributed by atoms with Crippen LogP contribution < -0.4 is 20.5 Å². The highest BCUT2D eigenvalue weighted by atomic mass is 35.5. The lowest BCUT2D eigenvalue weighted by atomic mass is 9.49. The highest BCUT2D eigenvalue weighted by Gasteiger charge is 2.70. The minimum absolute atomic E-state index is 0.0236. The summed E-state index contributed by atoms with van der Waals surface area (Å²) in [6.07, 6.45) is 2.07. The van der Waals surface area contributed by atoms with Gasteiger partial charge in [-0.1, -0.05) is 53.6 Å². The maximum absolute atomic E-state index is 15.2. The van der Waals surface area contributed by atoms with E-state index in [4.69, 9.17) is 16.3 Å². The summed E-state index contributed by atoms with van der Waals surface area (Å²) in [7, 11) is -0.427. The number of rotatable bonds is 7. The number of ether oxygens (including phenoxy) is 1. The van der Waals surface area contributed by atoms with Gasteiger partial charge in [0.05, 0.1) is 41.7 Å². The largest absolute Gasteiger partial charge is 0.504 e. The SMILES string of the molecule is COc1cc([C@H]2C3=CC[C@@H]4C(=O)N(c5cccc(B(O)O)c5)C(=O)[C@@H]4[C@@H]3C[C@H]3C(=O)N(Nc4ccc(F)cc4)C(=O)[C@@]23c2ccc(Cl)cc2)ccc1O. The molecular formula is C39H32BClFN3O8. The first kappa shape index (κ1) is 34.6. The van der Waals surface area contributed by atoms with E-state index in [1.807, 2.05) is 6.08 Å². The molecule has 4 N–H and O–H groups in total. The van der Waals surface area contributed by atoms with Crippen LogP contribution in [0.1, 0.15) is 29.9 Å². The predicted octanol–water partition coefficient (Wildman–Crippen LogP) is 4.06. The molecule has 0 aromatic heterocycles. The van der Waals surface area contributed by atoms with Crippen LogP contribution in [0.15, 0.2) is 103 Å². The lowest BCUT2D eigenvalue weighted by molar-refractivity contribution is -0.138. The molecule has 2 aliphatic heterocycles. The second kappa shape index (κ2) is 12.9. The Morgan fingerprint density at radius 1 is 0.906 bits per heavy atom. The van der Waals surface area contributed by atoms with Crippen molar-refractivity contribution in [3.63, 3.8) is 0 Å². The molecule has 268 valence electrons. The summed E-state index contributed by atoms with van der Waals surface area (Å²) in [5, 5.41) is 31.6. The van der Waals surface area contributed by atoms with Gasteiger partial charge in [-0.15, -0.1) is 0 Å². The number of fused-ring (bicyclic) bond motifs is 4. The summed E-state index contributed by atoms with van der Waals surface area (Å²) in [6.45, 7) is 0. The highest BCUT2D eigenvalue weighted by Crippen LogP contribution is 2.64. The summed E-state index contributed by atoms with van der Waals surface area (Å²) in [4.78, 5) is 59.6. The van der Waals surface area contributed by atoms with Crippen LogP contribution in [0.2, 0.25) is 5.02 Å². The molecule has 0 spiro atoms. The zero-order chi connectivity index (χ0) is 37.3. The van der Waals surface area contributed by atoms with Crippen LogP contribution in [0.3, 0.4) is 0 Å². The van der Waals surface area contributed by atoms with Crippen molar-refractivity contribution in [2.75, 3.05) is 17.4 Å². The Kier molecular flexibility index (Phi) is 8.40. The molecule has 2 aliphatic carbocycles. The maximum atomic E-state index is 15.2. The van der Waals surface area contributed by atoms with Crippen LogP contribution in [0, 0.1) is 29.5 Å². The van der Waals surface area contributed by atoms with E-state index in [9.17, 15) is 33.9 Å². The molecule has 1 saturated carbocycles. The molecule has 14 heteroatoms. The Balaban J connectivity index is 1.32. The Morgan fingerprint density at radius 3 is 2.34 bits per heavy atom. The van der Waals surface area contributed by atoms with Crippen molar-refractivity contribution in [3.05, 3.63) is 125 Å². The standard InChI is InChI=1S/C39H32BClFN3O8/c1-53-32-17-20(5-16-31(32)46)34-27-14-15-28-33(37(49)44(35(28)47)26-4-2-3-22(18-26)40(51)52)29(27)19-30-36(48)45(43-25-12-10-24(42)11-13-25)38(50)39(30,34)21-6-8-23(41)9-7-21/h2-14,16-18,28-30,33-34,43,46,51-52H,15,19H2,1H3/t28-,29+,30-,33-,34-,39+/m0/s1. The van der Waals surface area contributed by atoms with Crippen molar-refractivity contribution < 1.29 is 43.5 Å². The average Bonchev–Trinajstić information content (AvgIpc) is 3.53. The lowest BCUT2D eigenvalue weighted by Gasteiger charge is -2.50. The van der Waals surface area contributed by atoms with Crippen LogP contribution >= 0.6 is 11.6 Å². The van der Waals surface area contributed by atoms with Crippen molar-refractivity contribution in [2.24, 2.45) is 23.7 Å². The molecule has 6 atom stereocenters. The third kappa shape index (κ3) is 5.25. The number of aromatic hydroxyl groups is 1. The Morgan fingerprint density at radius 2 is 1.64 bits per heavy atom. The van der Waals surface area contributed by atoms with Gasteiger partial charge in [0.15, 0.2) is 11.5 Å². The number of nitrogens with one attached hydrogen (secondary N) is 1. The molecule has 2 heterocycles. The van der Waals surface area contributed by atoms with Gasteiger partial charge in [0.2, 0.25) is 11.8 Å². The van der Waals surface area contributed by atoms with Crippen LogP contribution in [0.4, 0.5) is 15.8 Å². The smallest absolute Gasteiger partial charge is 0.488 e. The molecule has 0 bridgehead atoms. The molecule has 3 fully saturated rings. The molecule has 53 heavy (non-hydrogen) atoms. The summed E-state index contributed by atoms with van der Waals surface area (Å²) in [5.74, 6) is -6.98. The molecule has 8 rings (SSSR count). The van der Waals surface area contributed by atoms with Crippen molar-refractivity contribution >= 4 is 59.2 Å². The third-order valence-electron chi connectivity index (χ3n) is 11.2. The number of imide groups is 2. The van der Waals surface area contributed by atoms with E-state index in [0.717, 1.165) is 9.91 Å². The number of carbonyl (C=O) groups is 4. The van der Waals surface area contributed by atoms with Gasteiger partial charge >= 0.3 is 7.12 Å². The third-order valence-corrected chi connectivity index (χ3v) is 11.5. The second-order valence-electron chi connectivity index (χ2n) is 13.8. The van der Waals surface area contributed by atoms with Gasteiger partial charge in [-0.3, -0.25) is 29.5 Å². The minimum atomic E-state index is -1.82. The fraction of sp³-hybridized carbons (Fsp3) is 0.231. The predicted molar refractivity (Wildman–Crippen MR) is 192 cm³/mol. The summed E-state index contributed by atoms with van der Waals surface area (Å²) in [5.41, 5.74) is 3.58. The topological polar surface area (TPSA) is 157 Å². The van der Waals surface area contributed by atoms with E-state index >= 15 is 4.79 Å². The van der Waals surface area contributed by atoms with Gasteiger partial charge < -0.3 is 19.9 Å². The molecular weight excluding hydrogens is 704 g/mol. The number of methoxy groups -OCH3 is 1. The van der Waals surface area contributed by atoms with Crippen molar-refractivity contribution in [2.45, 2.75) is 24.2 Å². The molecule has 4 aromatic rings. The number of anilines is 2. The van der Waals surface area contributed by atoms with Gasteiger partial charge in [0.25, 0.3) is 11.8 Å². The summed E-state index contributed by atoms with van der Waals surface area (Å²) >= 11 is 6.35. The number of amides is 4. The molecule has 0 unspecified atom stereocenters. The Bertz CT molecular complexity index is 2220. The number of phenols is 1. The molecule has 4 aliphatic rings. The van der Waals surface area contributed by atoms with E-state index in [-0.39, 0.29) is 35.5 Å². The number of hydrogen-bond acceptors (Lipinski definition) is 9. The molecule has 2 saturated heterocycles. The van der Waals surface area contributed by atoms with Crippen molar-refractivity contribution in [1.29, 1.82) is 0 Å². The van der Waals surface area contributed by atoms with Crippen LogP contribution in [0.5, 0.6) is 11.5 Å². The number of halogens is 2. The van der Waals surface area contributed by atoms with E-state index in [1.54, 1.807) is 42.5 Å². The molecule has 0 radical (unpaired) electrons. The fourth-order valence-electron chi connectivity index (χ4n) is 8.98. The zero-order valence-electron chi connectivity index (χ0n) is 28.1. The minimum Gasteiger partial charge on any atom is -0.504 e. The van der Waals surface area contributed by atoms with Gasteiger partial charge in [-0.05, 0) is 96.0 Å². The molecule has 11 nitrogen and oxygen atoms in total. The van der Waals surface area contributed by atoms with Gasteiger partial charge in [0, 0.05) is 10.9 Å². The Labute approximate surface area is 308 Å². The average molecular weight is 736 g/mol. The number of carbonyl (C=O) groups excluding carboxylic acids is 4. The van der Waals surface area contributed by atoms with Gasteiger partial charge in [-0.2, -0.15) is 5.01 Å². The zero-order valence-corrected chi connectivity index (χ0v) is 28.9. The lowest BCUT2D eigenvalue weighted by Crippen LogP contribution is -2.53. The number of phenolic OH excluding ortho intramolecular Hbond substituents is 1. The first-order chi connectivity index (χ1) is 25.4. The maximum Gasteiger partial charge on any atom is 0.488 e. The highest BCUT2D eigenvalue weighted by molar-refractivity contribution is 6.58. The monoisotopic (exact) mass is 735 g/mol.